The molecule has 0 aromatic heterocycles. The van der Waals surface area contributed by atoms with Gasteiger partial charge >= 0.3 is 0 Å². The van der Waals surface area contributed by atoms with Gasteiger partial charge in [0, 0.05) is 38.3 Å². The van der Waals surface area contributed by atoms with E-state index in [1.807, 2.05) is 37.3 Å². The molecule has 0 unspecified atom stereocenters. The minimum atomic E-state index is -0.710. The van der Waals surface area contributed by atoms with Crippen molar-refractivity contribution in [1.82, 2.24) is 10.2 Å². The summed E-state index contributed by atoms with van der Waals surface area (Å²) >= 11 is 0. The predicted molar refractivity (Wildman–Crippen MR) is 113 cm³/mol. The number of aryl methyl sites for hydroxylation is 2. The van der Waals surface area contributed by atoms with Gasteiger partial charge in [-0.25, -0.2) is 0 Å². The van der Waals surface area contributed by atoms with E-state index in [2.05, 4.69) is 35.3 Å². The van der Waals surface area contributed by atoms with Crippen LogP contribution in [0.15, 0.2) is 48.5 Å². The molecule has 29 heavy (non-hydrogen) atoms. The molecule has 0 aliphatic carbocycles. The number of nitrogens with one attached hydrogen (secondary N) is 1. The smallest absolute Gasteiger partial charge is 0.288 e. The van der Waals surface area contributed by atoms with E-state index in [1.165, 1.54) is 5.56 Å². The summed E-state index contributed by atoms with van der Waals surface area (Å²) in [4.78, 5) is 40.5. The van der Waals surface area contributed by atoms with Gasteiger partial charge in [0.2, 0.25) is 11.7 Å². The summed E-state index contributed by atoms with van der Waals surface area (Å²) < 4.78 is 0. The molecule has 6 nitrogen and oxygen atoms in total. The van der Waals surface area contributed by atoms with Crippen molar-refractivity contribution >= 4 is 23.3 Å². The second-order valence-electron chi connectivity index (χ2n) is 7.48. The molecule has 1 fully saturated rings. The van der Waals surface area contributed by atoms with E-state index in [9.17, 15) is 14.4 Å². The van der Waals surface area contributed by atoms with Gasteiger partial charge in [-0.3, -0.25) is 14.4 Å². The molecule has 1 N–H and O–H groups in total. The van der Waals surface area contributed by atoms with Gasteiger partial charge in [0.1, 0.15) is 0 Å². The topological polar surface area (TPSA) is 69.7 Å². The van der Waals surface area contributed by atoms with Gasteiger partial charge in [-0.1, -0.05) is 42.0 Å². The van der Waals surface area contributed by atoms with Crippen LogP contribution in [0.2, 0.25) is 0 Å². The third kappa shape index (κ3) is 5.67. The van der Waals surface area contributed by atoms with Gasteiger partial charge in [0.25, 0.3) is 5.91 Å². The highest BCUT2D eigenvalue weighted by atomic mass is 16.2. The summed E-state index contributed by atoms with van der Waals surface area (Å²) in [6.07, 6.45) is 0.0386. The van der Waals surface area contributed by atoms with E-state index in [0.717, 1.165) is 29.9 Å². The van der Waals surface area contributed by atoms with Crippen molar-refractivity contribution in [2.45, 2.75) is 20.3 Å². The molecule has 1 saturated heterocycles. The Hall–Kier alpha value is -3.15. The first-order valence-corrected chi connectivity index (χ1v) is 9.88. The van der Waals surface area contributed by atoms with Crippen LogP contribution in [-0.4, -0.2) is 55.2 Å². The standard InChI is InChI=1S/C23H27N3O3/c1-17-5-3-7-19(13-17)15-21(27)23(29)24-16-22(28)26-11-9-25(10-12-26)20-8-4-6-18(2)14-20/h3-8,13-14H,9-12,15-16H2,1-2H3,(H,24,29). The number of rotatable bonds is 6. The van der Waals surface area contributed by atoms with E-state index >= 15 is 0 Å². The van der Waals surface area contributed by atoms with Crippen molar-refractivity contribution in [2.24, 2.45) is 0 Å². The maximum Gasteiger partial charge on any atom is 0.288 e. The molecule has 0 radical (unpaired) electrons. The molecule has 6 heteroatoms. The zero-order valence-corrected chi connectivity index (χ0v) is 17.0. The molecule has 0 spiro atoms. The molecular weight excluding hydrogens is 366 g/mol. The molecule has 1 aliphatic heterocycles. The average Bonchev–Trinajstić information content (AvgIpc) is 2.72. The number of piperazine rings is 1. The summed E-state index contributed by atoms with van der Waals surface area (Å²) in [6.45, 7) is 6.53. The number of amides is 2. The molecule has 152 valence electrons. The number of hydrogen-bond donors (Lipinski definition) is 1. The lowest BCUT2D eigenvalue weighted by molar-refractivity contribution is -0.139. The van der Waals surface area contributed by atoms with Crippen LogP contribution in [0.1, 0.15) is 16.7 Å². The van der Waals surface area contributed by atoms with Crippen molar-refractivity contribution in [3.63, 3.8) is 0 Å². The fraction of sp³-hybridized carbons (Fsp3) is 0.348. The lowest BCUT2D eigenvalue weighted by Crippen LogP contribution is -2.51. The first-order chi connectivity index (χ1) is 13.9. The third-order valence-electron chi connectivity index (χ3n) is 5.10. The van der Waals surface area contributed by atoms with Gasteiger partial charge in [0.15, 0.2) is 0 Å². The Morgan fingerprint density at radius 1 is 0.897 bits per heavy atom. The van der Waals surface area contributed by atoms with Crippen LogP contribution in [0.4, 0.5) is 5.69 Å². The van der Waals surface area contributed by atoms with Crippen molar-refractivity contribution in [3.8, 4) is 0 Å². The van der Waals surface area contributed by atoms with Crippen LogP contribution >= 0.6 is 0 Å². The summed E-state index contributed by atoms with van der Waals surface area (Å²) in [7, 11) is 0. The lowest BCUT2D eigenvalue weighted by Gasteiger charge is -2.36. The van der Waals surface area contributed by atoms with Crippen molar-refractivity contribution < 1.29 is 14.4 Å². The molecule has 3 rings (SSSR count). The van der Waals surface area contributed by atoms with Gasteiger partial charge in [-0.15, -0.1) is 0 Å². The third-order valence-corrected chi connectivity index (χ3v) is 5.10. The van der Waals surface area contributed by atoms with E-state index in [1.54, 1.807) is 4.90 Å². The molecule has 0 bridgehead atoms. The van der Waals surface area contributed by atoms with Crippen LogP contribution in [0.3, 0.4) is 0 Å². The summed E-state index contributed by atoms with van der Waals surface area (Å²) in [6, 6.07) is 15.8. The van der Waals surface area contributed by atoms with Crippen LogP contribution in [0.5, 0.6) is 0 Å². The first kappa shape index (κ1) is 20.6. The number of carbonyl (C=O) groups excluding carboxylic acids is 3. The van der Waals surface area contributed by atoms with E-state index in [-0.39, 0.29) is 18.9 Å². The van der Waals surface area contributed by atoms with E-state index < -0.39 is 11.7 Å². The minimum Gasteiger partial charge on any atom is -0.368 e. The molecule has 2 amide bonds. The maximum absolute atomic E-state index is 12.4. The van der Waals surface area contributed by atoms with E-state index in [4.69, 9.17) is 0 Å². The molecule has 0 atom stereocenters. The van der Waals surface area contributed by atoms with Crippen LogP contribution in [0, 0.1) is 13.8 Å². The zero-order chi connectivity index (χ0) is 20.8. The number of nitrogens with zero attached hydrogens (tertiary/aromatic N) is 2. The molecule has 2 aromatic rings. The summed E-state index contributed by atoms with van der Waals surface area (Å²) in [5.74, 6) is -1.41. The Balaban J connectivity index is 1.43. The van der Waals surface area contributed by atoms with Crippen molar-refractivity contribution in [1.29, 1.82) is 0 Å². The minimum absolute atomic E-state index is 0.0386. The Kier molecular flexibility index (Phi) is 6.65. The van der Waals surface area contributed by atoms with Crippen LogP contribution in [-0.2, 0) is 20.8 Å². The number of ketones is 1. The predicted octanol–water partition coefficient (Wildman–Crippen LogP) is 1.88. The first-order valence-electron chi connectivity index (χ1n) is 9.88. The highest BCUT2D eigenvalue weighted by Gasteiger charge is 2.22. The number of benzene rings is 2. The van der Waals surface area contributed by atoms with Crippen molar-refractivity contribution in [2.75, 3.05) is 37.6 Å². The van der Waals surface area contributed by atoms with Gasteiger partial charge < -0.3 is 15.1 Å². The Bertz CT molecular complexity index is 902. The SMILES string of the molecule is Cc1cccc(CC(=O)C(=O)NCC(=O)N2CCN(c3cccc(C)c3)CC2)c1. The van der Waals surface area contributed by atoms with E-state index in [0.29, 0.717) is 13.1 Å². The Labute approximate surface area is 171 Å². The lowest BCUT2D eigenvalue weighted by atomic mass is 10.1. The van der Waals surface area contributed by atoms with Crippen molar-refractivity contribution in [3.05, 3.63) is 65.2 Å². The second kappa shape index (κ2) is 9.37. The quantitative estimate of drug-likeness (QED) is 0.761. The molecule has 2 aromatic carbocycles. The zero-order valence-electron chi connectivity index (χ0n) is 17.0. The molecular formula is C23H27N3O3. The largest absolute Gasteiger partial charge is 0.368 e. The number of hydrogen-bond acceptors (Lipinski definition) is 4. The van der Waals surface area contributed by atoms with Gasteiger partial charge in [-0.2, -0.15) is 0 Å². The van der Waals surface area contributed by atoms with Gasteiger partial charge in [0.05, 0.1) is 6.54 Å². The van der Waals surface area contributed by atoms with Crippen LogP contribution in [0.25, 0.3) is 0 Å². The second-order valence-corrected chi connectivity index (χ2v) is 7.48. The number of anilines is 1. The maximum atomic E-state index is 12.4. The van der Waals surface area contributed by atoms with Gasteiger partial charge in [-0.05, 0) is 37.1 Å². The summed E-state index contributed by atoms with van der Waals surface area (Å²) in [5, 5.41) is 2.47. The van der Waals surface area contributed by atoms with Crippen LogP contribution < -0.4 is 10.2 Å². The fourth-order valence-corrected chi connectivity index (χ4v) is 3.49. The molecule has 1 aliphatic rings. The number of carbonyl (C=O) groups is 3. The Morgan fingerprint density at radius 3 is 2.21 bits per heavy atom. The monoisotopic (exact) mass is 393 g/mol. The summed E-state index contributed by atoms with van der Waals surface area (Å²) in [5.41, 5.74) is 4.20. The highest BCUT2D eigenvalue weighted by Crippen LogP contribution is 2.17. The molecule has 1 heterocycles. The number of Topliss-reactive ketones (excluding diaryl/α,β-unsaturated/α-hetero) is 1. The average molecular weight is 393 g/mol. The fourth-order valence-electron chi connectivity index (χ4n) is 3.49. The Morgan fingerprint density at radius 2 is 1.55 bits per heavy atom. The highest BCUT2D eigenvalue weighted by molar-refractivity contribution is 6.36. The normalized spacial score (nSPS) is 13.9. The molecule has 0 saturated carbocycles.